The normalized spacial score (nSPS) is 17.3. The van der Waals surface area contributed by atoms with Gasteiger partial charge in [-0.1, -0.05) is 24.0 Å². The summed E-state index contributed by atoms with van der Waals surface area (Å²) < 4.78 is 39.4. The Kier molecular flexibility index (Phi) is 7.15. The third-order valence-corrected chi connectivity index (χ3v) is 8.29. The van der Waals surface area contributed by atoms with Gasteiger partial charge in [0.25, 0.3) is 11.5 Å². The summed E-state index contributed by atoms with van der Waals surface area (Å²) in [5.74, 6) is 5.57. The maximum Gasteiger partial charge on any atom is 0.416 e. The van der Waals surface area contributed by atoms with Gasteiger partial charge in [-0.3, -0.25) is 9.59 Å². The largest absolute Gasteiger partial charge is 0.416 e. The van der Waals surface area contributed by atoms with E-state index in [9.17, 15) is 33.0 Å². The first-order valence-corrected chi connectivity index (χ1v) is 13.8. The number of thiophene rings is 1. The molecule has 1 aromatic carbocycles. The molecule has 40 heavy (non-hydrogen) atoms. The quantitative estimate of drug-likeness (QED) is 0.410. The monoisotopic (exact) mass is 571 g/mol. The number of hydrogen-bond donors (Lipinski definition) is 3. The number of nitrogens with zero attached hydrogens (tertiary/aromatic N) is 2. The standard InChI is InChI=1S/C29H28F3N3O4S/c1-27(2,39)9-8-17-13-22(40-16-17)28(10-11-28)26-33-21-7-4-12-35(15-20(21)24(37)34-26)25(38)23(36)18-5-3-6-19(14-18)29(30,31)32/h3,5-6,13-14,16,23,36,39H,4,7,10-12,15H2,1-2H3,(H,33,34,37). The summed E-state index contributed by atoms with van der Waals surface area (Å²) in [4.78, 5) is 36.4. The van der Waals surface area contributed by atoms with Gasteiger partial charge in [-0.2, -0.15) is 13.2 Å². The minimum atomic E-state index is -4.61. The van der Waals surface area contributed by atoms with E-state index in [2.05, 4.69) is 16.8 Å². The average Bonchev–Trinajstić information content (AvgIpc) is 3.61. The van der Waals surface area contributed by atoms with Crippen molar-refractivity contribution in [2.45, 2.75) is 69.4 Å². The molecule has 7 nitrogen and oxygen atoms in total. The van der Waals surface area contributed by atoms with Crippen molar-refractivity contribution in [3.8, 4) is 11.8 Å². The molecule has 3 N–H and O–H groups in total. The fourth-order valence-corrected chi connectivity index (χ4v) is 5.94. The summed E-state index contributed by atoms with van der Waals surface area (Å²) in [6.45, 7) is 3.34. The SMILES string of the molecule is CC(C)(O)C#Cc1csc(C2(c3nc4c(c(=O)[nH]3)CN(C(=O)C(O)c3cccc(C(F)(F)F)c3)CCC4)CC2)c1. The van der Waals surface area contributed by atoms with Gasteiger partial charge in [0.2, 0.25) is 0 Å². The van der Waals surface area contributed by atoms with Gasteiger partial charge < -0.3 is 20.1 Å². The second kappa shape index (κ2) is 10.2. The molecule has 0 radical (unpaired) electrons. The van der Waals surface area contributed by atoms with E-state index in [4.69, 9.17) is 4.98 Å². The van der Waals surface area contributed by atoms with E-state index in [0.717, 1.165) is 41.5 Å². The predicted molar refractivity (Wildman–Crippen MR) is 143 cm³/mol. The highest BCUT2D eigenvalue weighted by atomic mass is 32.1. The molecule has 2 aromatic heterocycles. The third-order valence-electron chi connectivity index (χ3n) is 7.15. The van der Waals surface area contributed by atoms with Gasteiger partial charge in [-0.15, -0.1) is 11.3 Å². The van der Waals surface area contributed by atoms with Crippen LogP contribution in [0.3, 0.4) is 0 Å². The Balaban J connectivity index is 1.38. The number of aromatic amines is 1. The van der Waals surface area contributed by atoms with Crippen molar-refractivity contribution in [2.24, 2.45) is 0 Å². The number of alkyl halides is 3. The number of carbonyl (C=O) groups is 1. The lowest BCUT2D eigenvalue weighted by Crippen LogP contribution is -2.36. The molecule has 1 amide bonds. The van der Waals surface area contributed by atoms with Crippen LogP contribution >= 0.6 is 11.3 Å². The summed E-state index contributed by atoms with van der Waals surface area (Å²) in [6, 6.07) is 6.00. The van der Waals surface area contributed by atoms with Crippen LogP contribution in [0.25, 0.3) is 0 Å². The predicted octanol–water partition coefficient (Wildman–Crippen LogP) is 4.06. The molecule has 2 aliphatic rings. The van der Waals surface area contributed by atoms with Gasteiger partial charge in [0.1, 0.15) is 11.4 Å². The zero-order valence-electron chi connectivity index (χ0n) is 21.9. The second-order valence-electron chi connectivity index (χ2n) is 10.8. The van der Waals surface area contributed by atoms with Crippen LogP contribution in [-0.2, 0) is 29.4 Å². The number of nitrogens with one attached hydrogen (secondary N) is 1. The molecule has 1 saturated carbocycles. The maximum absolute atomic E-state index is 13.3. The van der Waals surface area contributed by atoms with Gasteiger partial charge in [-0.25, -0.2) is 4.98 Å². The molecule has 0 saturated heterocycles. The molecule has 5 rings (SSSR count). The van der Waals surface area contributed by atoms with E-state index in [1.54, 1.807) is 13.8 Å². The molecule has 1 fully saturated rings. The lowest BCUT2D eigenvalue weighted by atomic mass is 10.0. The number of benzene rings is 1. The molecule has 3 aromatic rings. The van der Waals surface area contributed by atoms with Crippen LogP contribution in [0.2, 0.25) is 0 Å². The maximum atomic E-state index is 13.3. The fraction of sp³-hybridized carbons (Fsp3) is 0.414. The van der Waals surface area contributed by atoms with Crippen LogP contribution in [0.15, 0.2) is 40.5 Å². The Bertz CT molecular complexity index is 1570. The number of carbonyl (C=O) groups excluding carboxylic acids is 1. The number of aliphatic hydroxyl groups is 2. The van der Waals surface area contributed by atoms with E-state index in [1.165, 1.54) is 22.3 Å². The molecule has 0 bridgehead atoms. The van der Waals surface area contributed by atoms with Crippen molar-refractivity contribution >= 4 is 17.2 Å². The number of H-pyrrole nitrogens is 1. The van der Waals surface area contributed by atoms with Gasteiger partial charge >= 0.3 is 6.18 Å². The molecule has 11 heteroatoms. The average molecular weight is 572 g/mol. The Morgan fingerprint density at radius 2 is 2.00 bits per heavy atom. The van der Waals surface area contributed by atoms with Gasteiger partial charge in [0, 0.05) is 22.4 Å². The summed E-state index contributed by atoms with van der Waals surface area (Å²) >= 11 is 1.52. The van der Waals surface area contributed by atoms with Crippen molar-refractivity contribution in [1.29, 1.82) is 0 Å². The van der Waals surface area contributed by atoms with Crippen LogP contribution < -0.4 is 5.56 Å². The molecule has 1 atom stereocenters. The lowest BCUT2D eigenvalue weighted by Gasteiger charge is -2.24. The Hall–Kier alpha value is -3.46. The van der Waals surface area contributed by atoms with Crippen molar-refractivity contribution < 1.29 is 28.2 Å². The molecule has 3 heterocycles. The zero-order valence-corrected chi connectivity index (χ0v) is 22.7. The van der Waals surface area contributed by atoms with Crippen molar-refractivity contribution in [1.82, 2.24) is 14.9 Å². The number of amides is 1. The van der Waals surface area contributed by atoms with E-state index < -0.39 is 34.8 Å². The van der Waals surface area contributed by atoms with E-state index in [0.29, 0.717) is 29.9 Å². The van der Waals surface area contributed by atoms with Crippen LogP contribution in [0.4, 0.5) is 13.2 Å². The first kappa shape index (κ1) is 28.1. The van der Waals surface area contributed by atoms with Crippen molar-refractivity contribution in [2.75, 3.05) is 6.54 Å². The Morgan fingerprint density at radius 3 is 2.67 bits per heavy atom. The van der Waals surface area contributed by atoms with Crippen LogP contribution in [0.5, 0.6) is 0 Å². The number of rotatable bonds is 4. The Morgan fingerprint density at radius 1 is 1.25 bits per heavy atom. The van der Waals surface area contributed by atoms with Crippen LogP contribution in [0.1, 0.15) is 77.9 Å². The molecule has 210 valence electrons. The fourth-order valence-electron chi connectivity index (χ4n) is 4.84. The molecular weight excluding hydrogens is 543 g/mol. The second-order valence-corrected chi connectivity index (χ2v) is 11.7. The topological polar surface area (TPSA) is 107 Å². The highest BCUT2D eigenvalue weighted by Gasteiger charge is 2.50. The summed E-state index contributed by atoms with van der Waals surface area (Å²) in [5.41, 5.74) is -1.36. The highest BCUT2D eigenvalue weighted by Crippen LogP contribution is 2.54. The highest BCUT2D eigenvalue weighted by molar-refractivity contribution is 7.10. The summed E-state index contributed by atoms with van der Waals surface area (Å²) in [6.07, 6.45) is -3.87. The summed E-state index contributed by atoms with van der Waals surface area (Å²) in [7, 11) is 0. The van der Waals surface area contributed by atoms with Crippen LogP contribution in [-0.4, -0.2) is 43.1 Å². The third kappa shape index (κ3) is 5.70. The number of fused-ring (bicyclic) bond motifs is 1. The van der Waals surface area contributed by atoms with E-state index in [-0.39, 0.29) is 24.2 Å². The molecule has 1 unspecified atom stereocenters. The van der Waals surface area contributed by atoms with Crippen molar-refractivity contribution in [3.63, 3.8) is 0 Å². The number of aliphatic hydroxyl groups excluding tert-OH is 1. The first-order valence-electron chi connectivity index (χ1n) is 12.9. The van der Waals surface area contributed by atoms with Crippen LogP contribution in [0, 0.1) is 11.8 Å². The summed E-state index contributed by atoms with van der Waals surface area (Å²) in [5, 5.41) is 22.4. The molecule has 1 aliphatic heterocycles. The first-order chi connectivity index (χ1) is 18.8. The van der Waals surface area contributed by atoms with E-state index >= 15 is 0 Å². The van der Waals surface area contributed by atoms with E-state index in [1.807, 2.05) is 11.4 Å². The number of hydrogen-bond acceptors (Lipinski definition) is 6. The smallest absolute Gasteiger partial charge is 0.378 e. The Labute approximate surface area is 232 Å². The molecule has 0 spiro atoms. The molecule has 1 aliphatic carbocycles. The minimum Gasteiger partial charge on any atom is -0.378 e. The molecular formula is C29H28F3N3O4S. The lowest BCUT2D eigenvalue weighted by molar-refractivity contribution is -0.142. The zero-order chi connectivity index (χ0) is 28.9. The van der Waals surface area contributed by atoms with Gasteiger partial charge in [0.15, 0.2) is 6.10 Å². The number of aryl methyl sites for hydroxylation is 1. The van der Waals surface area contributed by atoms with Crippen molar-refractivity contribution in [3.05, 3.63) is 84.7 Å². The van der Waals surface area contributed by atoms with Gasteiger partial charge in [-0.05, 0) is 63.3 Å². The number of halogens is 3. The minimum absolute atomic E-state index is 0.102. The number of aromatic nitrogens is 2. The van der Waals surface area contributed by atoms with Gasteiger partial charge in [0.05, 0.1) is 28.8 Å².